The van der Waals surface area contributed by atoms with Crippen LogP contribution in [0.15, 0.2) is 77.6 Å². The van der Waals surface area contributed by atoms with Gasteiger partial charge in [0.15, 0.2) is 0 Å². The van der Waals surface area contributed by atoms with Crippen LogP contribution >= 0.6 is 0 Å². The number of nitrogens with zero attached hydrogens (tertiary/aromatic N) is 3. The number of halogens is 1. The van der Waals surface area contributed by atoms with Crippen molar-refractivity contribution < 1.29 is 9.31 Å². The predicted octanol–water partition coefficient (Wildman–Crippen LogP) is 4.60. The number of non-ortho nitro benzene ring substituents is 1. The van der Waals surface area contributed by atoms with Crippen LogP contribution in [-0.4, -0.2) is 14.5 Å². The van der Waals surface area contributed by atoms with Gasteiger partial charge in [-0.05, 0) is 35.9 Å². The fraction of sp³-hybridized carbons (Fsp3) is 0. The minimum Gasteiger partial charge on any atom is -0.268 e. The molecular weight excluding hydrogens is 373 g/mol. The molecule has 0 spiro atoms. The minimum absolute atomic E-state index is 0.0508. The lowest BCUT2D eigenvalue weighted by atomic mass is 10.2. The second-order valence-corrected chi connectivity index (χ2v) is 6.26. The molecule has 0 bridgehead atoms. The van der Waals surface area contributed by atoms with Gasteiger partial charge in [0, 0.05) is 12.1 Å². The number of nitro groups is 1. The number of aromatic nitrogens is 2. The molecule has 0 radical (unpaired) electrons. The van der Waals surface area contributed by atoms with Crippen LogP contribution in [0.3, 0.4) is 0 Å². The summed E-state index contributed by atoms with van der Waals surface area (Å²) in [6.45, 7) is 0. The number of nitro benzene ring substituents is 1. The van der Waals surface area contributed by atoms with Crippen LogP contribution in [0.25, 0.3) is 28.7 Å². The first-order valence-corrected chi connectivity index (χ1v) is 8.74. The molecular formula is C22H14FN3O3. The average Bonchev–Trinajstić information content (AvgIpc) is 2.73. The van der Waals surface area contributed by atoms with Crippen LogP contribution in [0.1, 0.15) is 11.4 Å². The van der Waals surface area contributed by atoms with E-state index < -0.39 is 16.3 Å². The third-order valence-corrected chi connectivity index (χ3v) is 4.40. The maximum absolute atomic E-state index is 14.5. The van der Waals surface area contributed by atoms with E-state index in [2.05, 4.69) is 4.98 Å². The summed E-state index contributed by atoms with van der Waals surface area (Å²) in [7, 11) is 0. The van der Waals surface area contributed by atoms with Crippen LogP contribution in [0.4, 0.5) is 10.1 Å². The molecule has 0 amide bonds. The number of para-hydroxylation sites is 2. The van der Waals surface area contributed by atoms with Crippen LogP contribution < -0.4 is 5.56 Å². The largest absolute Gasteiger partial charge is 0.270 e. The maximum atomic E-state index is 14.5. The van der Waals surface area contributed by atoms with E-state index in [0.717, 1.165) is 0 Å². The smallest absolute Gasteiger partial charge is 0.268 e. The highest BCUT2D eigenvalue weighted by atomic mass is 19.1. The number of hydrogen-bond acceptors (Lipinski definition) is 4. The van der Waals surface area contributed by atoms with E-state index >= 15 is 0 Å². The number of rotatable bonds is 4. The van der Waals surface area contributed by atoms with Crippen LogP contribution in [-0.2, 0) is 0 Å². The molecule has 0 aliphatic carbocycles. The van der Waals surface area contributed by atoms with Crippen LogP contribution in [0.2, 0.25) is 0 Å². The standard InChI is InChI=1S/C22H14FN3O3/c23-18-9-2-4-11-20(18)25-21(24-19-10-3-1-8-17(19)22(25)27)13-12-15-6-5-7-16(14-15)26(28)29/h1-14H. The van der Waals surface area contributed by atoms with Gasteiger partial charge >= 0.3 is 0 Å². The molecule has 7 heteroatoms. The zero-order valence-electron chi connectivity index (χ0n) is 15.0. The average molecular weight is 387 g/mol. The predicted molar refractivity (Wildman–Crippen MR) is 109 cm³/mol. The van der Waals surface area contributed by atoms with Crippen molar-refractivity contribution in [3.63, 3.8) is 0 Å². The Labute approximate surface area is 164 Å². The molecule has 0 saturated carbocycles. The van der Waals surface area contributed by atoms with Gasteiger partial charge in [-0.2, -0.15) is 0 Å². The second-order valence-electron chi connectivity index (χ2n) is 6.26. The van der Waals surface area contributed by atoms with Crippen LogP contribution in [0.5, 0.6) is 0 Å². The first-order chi connectivity index (χ1) is 14.0. The molecule has 3 aromatic carbocycles. The summed E-state index contributed by atoms with van der Waals surface area (Å²) in [4.78, 5) is 28.1. The van der Waals surface area contributed by atoms with Gasteiger partial charge < -0.3 is 0 Å². The lowest BCUT2D eigenvalue weighted by molar-refractivity contribution is -0.384. The summed E-state index contributed by atoms with van der Waals surface area (Å²) < 4.78 is 15.7. The van der Waals surface area contributed by atoms with Gasteiger partial charge in [0.1, 0.15) is 11.6 Å². The Morgan fingerprint density at radius 3 is 2.52 bits per heavy atom. The van der Waals surface area contributed by atoms with Gasteiger partial charge in [-0.3, -0.25) is 19.5 Å². The first-order valence-electron chi connectivity index (χ1n) is 8.74. The van der Waals surface area contributed by atoms with E-state index in [4.69, 9.17) is 0 Å². The summed E-state index contributed by atoms with van der Waals surface area (Å²) in [5, 5.41) is 11.3. The molecule has 1 heterocycles. The summed E-state index contributed by atoms with van der Waals surface area (Å²) in [6, 6.07) is 18.8. The Balaban J connectivity index is 1.93. The quantitative estimate of drug-likeness (QED) is 0.379. The Hall–Kier alpha value is -4.13. The zero-order valence-corrected chi connectivity index (χ0v) is 15.0. The Bertz CT molecular complexity index is 1330. The molecule has 0 aliphatic heterocycles. The van der Waals surface area contributed by atoms with E-state index in [-0.39, 0.29) is 17.2 Å². The van der Waals surface area contributed by atoms with Gasteiger partial charge in [0.25, 0.3) is 11.2 Å². The van der Waals surface area contributed by atoms with Crippen molar-refractivity contribution in [1.82, 2.24) is 9.55 Å². The van der Waals surface area contributed by atoms with Crippen molar-refractivity contribution in [3.05, 3.63) is 110 Å². The normalized spacial score (nSPS) is 11.2. The van der Waals surface area contributed by atoms with Gasteiger partial charge in [0.05, 0.1) is 21.5 Å². The number of benzene rings is 3. The van der Waals surface area contributed by atoms with Crippen molar-refractivity contribution >= 4 is 28.7 Å². The molecule has 29 heavy (non-hydrogen) atoms. The monoisotopic (exact) mass is 387 g/mol. The molecule has 0 saturated heterocycles. The van der Waals surface area contributed by atoms with E-state index in [0.29, 0.717) is 16.5 Å². The SMILES string of the molecule is O=c1c2ccccc2nc(C=Cc2cccc([N+](=O)[O-])c2)n1-c1ccccc1F. The first kappa shape index (κ1) is 18.2. The lowest BCUT2D eigenvalue weighted by Crippen LogP contribution is -2.23. The number of hydrogen-bond donors (Lipinski definition) is 0. The molecule has 0 fully saturated rings. The van der Waals surface area contributed by atoms with Gasteiger partial charge in [-0.1, -0.05) is 42.5 Å². The van der Waals surface area contributed by atoms with Crippen molar-refractivity contribution in [1.29, 1.82) is 0 Å². The molecule has 0 unspecified atom stereocenters. The Kier molecular flexibility index (Phi) is 4.70. The van der Waals surface area contributed by atoms with Crippen molar-refractivity contribution in [2.45, 2.75) is 0 Å². The number of fused-ring (bicyclic) bond motifs is 1. The van der Waals surface area contributed by atoms with Crippen molar-refractivity contribution in [3.8, 4) is 5.69 Å². The minimum atomic E-state index is -0.559. The third-order valence-electron chi connectivity index (χ3n) is 4.40. The summed E-state index contributed by atoms with van der Waals surface area (Å²) in [6.07, 6.45) is 3.14. The molecule has 0 aliphatic rings. The highest BCUT2D eigenvalue weighted by Gasteiger charge is 2.14. The highest BCUT2D eigenvalue weighted by Crippen LogP contribution is 2.19. The lowest BCUT2D eigenvalue weighted by Gasteiger charge is -2.12. The van der Waals surface area contributed by atoms with E-state index in [1.54, 1.807) is 54.6 Å². The van der Waals surface area contributed by atoms with Gasteiger partial charge in [0.2, 0.25) is 0 Å². The summed E-state index contributed by atoms with van der Waals surface area (Å²) >= 11 is 0. The summed E-state index contributed by atoms with van der Waals surface area (Å²) in [5.74, 6) is -0.345. The molecule has 0 atom stereocenters. The fourth-order valence-corrected chi connectivity index (χ4v) is 3.04. The fourth-order valence-electron chi connectivity index (χ4n) is 3.04. The molecule has 4 aromatic rings. The molecule has 0 N–H and O–H groups in total. The molecule has 142 valence electrons. The van der Waals surface area contributed by atoms with Crippen molar-refractivity contribution in [2.75, 3.05) is 0 Å². The third kappa shape index (κ3) is 3.53. The van der Waals surface area contributed by atoms with Crippen LogP contribution in [0, 0.1) is 15.9 Å². The Morgan fingerprint density at radius 2 is 1.72 bits per heavy atom. The molecule has 6 nitrogen and oxygen atoms in total. The van der Waals surface area contributed by atoms with Gasteiger partial charge in [-0.15, -0.1) is 0 Å². The second kappa shape index (κ2) is 7.47. The van der Waals surface area contributed by atoms with E-state index in [9.17, 15) is 19.3 Å². The van der Waals surface area contributed by atoms with Gasteiger partial charge in [-0.25, -0.2) is 9.37 Å². The van der Waals surface area contributed by atoms with Crippen molar-refractivity contribution in [2.24, 2.45) is 0 Å². The molecule has 4 rings (SSSR count). The molecule has 1 aromatic heterocycles. The highest BCUT2D eigenvalue weighted by molar-refractivity contribution is 5.80. The zero-order chi connectivity index (χ0) is 20.4. The maximum Gasteiger partial charge on any atom is 0.270 e. The topological polar surface area (TPSA) is 78.0 Å². The Morgan fingerprint density at radius 1 is 0.966 bits per heavy atom. The van der Waals surface area contributed by atoms with E-state index in [1.807, 2.05) is 0 Å². The van der Waals surface area contributed by atoms with E-state index in [1.165, 1.54) is 34.9 Å². The summed E-state index contributed by atoms with van der Waals surface area (Å²) in [5.41, 5.74) is 0.657.